The van der Waals surface area contributed by atoms with Crippen molar-refractivity contribution < 1.29 is 9.90 Å². The molecule has 1 fully saturated rings. The summed E-state index contributed by atoms with van der Waals surface area (Å²) in [5.41, 5.74) is 2.45. The van der Waals surface area contributed by atoms with Gasteiger partial charge in [0.2, 0.25) is 0 Å². The van der Waals surface area contributed by atoms with Gasteiger partial charge in [-0.3, -0.25) is 0 Å². The van der Waals surface area contributed by atoms with Gasteiger partial charge in [-0.25, -0.2) is 4.79 Å². The molecule has 0 amide bonds. The van der Waals surface area contributed by atoms with Crippen molar-refractivity contribution in [2.75, 3.05) is 0 Å². The Morgan fingerprint density at radius 1 is 1.00 bits per heavy atom. The fourth-order valence-electron chi connectivity index (χ4n) is 3.02. The molecule has 2 aromatic carbocycles. The lowest BCUT2D eigenvalue weighted by molar-refractivity contribution is -0.131. The zero-order valence-electron chi connectivity index (χ0n) is 11.1. The molecule has 3 rings (SSSR count). The van der Waals surface area contributed by atoms with Crippen LogP contribution in [-0.2, 0) is 10.2 Å². The van der Waals surface area contributed by atoms with E-state index < -0.39 is 5.97 Å². The maximum absolute atomic E-state index is 10.7. The largest absolute Gasteiger partial charge is 0.478 e. The van der Waals surface area contributed by atoms with Gasteiger partial charge in [-0.05, 0) is 23.5 Å². The van der Waals surface area contributed by atoms with Crippen LogP contribution in [0.15, 0.2) is 72.8 Å². The SMILES string of the molecule is O=C(O)/C=C\[C@H]1CC1(c1ccccc1)c1ccccc1. The number of aliphatic carboxylic acids is 1. The van der Waals surface area contributed by atoms with Crippen LogP contribution >= 0.6 is 0 Å². The van der Waals surface area contributed by atoms with Gasteiger partial charge in [0, 0.05) is 11.5 Å². The van der Waals surface area contributed by atoms with Crippen molar-refractivity contribution in [1.82, 2.24) is 0 Å². The van der Waals surface area contributed by atoms with Crippen molar-refractivity contribution in [3.63, 3.8) is 0 Å². The van der Waals surface area contributed by atoms with E-state index in [0.29, 0.717) is 0 Å². The Morgan fingerprint density at radius 3 is 1.95 bits per heavy atom. The minimum Gasteiger partial charge on any atom is -0.478 e. The maximum atomic E-state index is 10.7. The van der Waals surface area contributed by atoms with Crippen LogP contribution in [0.5, 0.6) is 0 Å². The van der Waals surface area contributed by atoms with Gasteiger partial charge in [0.25, 0.3) is 0 Å². The molecule has 1 aliphatic carbocycles. The summed E-state index contributed by atoms with van der Waals surface area (Å²) < 4.78 is 0. The van der Waals surface area contributed by atoms with Crippen LogP contribution in [0, 0.1) is 5.92 Å². The summed E-state index contributed by atoms with van der Waals surface area (Å²) in [6, 6.07) is 20.7. The molecule has 100 valence electrons. The quantitative estimate of drug-likeness (QED) is 0.856. The molecule has 2 aromatic rings. The summed E-state index contributed by atoms with van der Waals surface area (Å²) in [5, 5.41) is 8.81. The summed E-state index contributed by atoms with van der Waals surface area (Å²) in [7, 11) is 0. The Bertz CT molecular complexity index is 589. The van der Waals surface area contributed by atoms with E-state index >= 15 is 0 Å². The molecule has 2 heteroatoms. The van der Waals surface area contributed by atoms with E-state index in [1.807, 2.05) is 42.5 Å². The molecule has 0 aliphatic heterocycles. The van der Waals surface area contributed by atoms with Gasteiger partial charge < -0.3 is 5.11 Å². The molecule has 1 saturated carbocycles. The molecular weight excluding hydrogens is 248 g/mol. The molecule has 1 atom stereocenters. The molecule has 0 saturated heterocycles. The topological polar surface area (TPSA) is 37.3 Å². The van der Waals surface area contributed by atoms with Gasteiger partial charge in [-0.2, -0.15) is 0 Å². The highest BCUT2D eigenvalue weighted by atomic mass is 16.4. The van der Waals surface area contributed by atoms with Gasteiger partial charge in [0.15, 0.2) is 0 Å². The Kier molecular flexibility index (Phi) is 3.15. The normalized spacial score (nSPS) is 19.9. The van der Waals surface area contributed by atoms with E-state index in [1.54, 1.807) is 0 Å². The van der Waals surface area contributed by atoms with Crippen LogP contribution in [0.2, 0.25) is 0 Å². The average Bonchev–Trinajstić information content (AvgIpc) is 3.23. The Morgan fingerprint density at radius 2 is 1.50 bits per heavy atom. The lowest BCUT2D eigenvalue weighted by Gasteiger charge is -2.18. The number of benzene rings is 2. The van der Waals surface area contributed by atoms with E-state index in [-0.39, 0.29) is 11.3 Å². The van der Waals surface area contributed by atoms with E-state index in [4.69, 9.17) is 5.11 Å². The van der Waals surface area contributed by atoms with Crippen molar-refractivity contribution in [3.05, 3.63) is 83.9 Å². The van der Waals surface area contributed by atoms with Crippen molar-refractivity contribution in [2.45, 2.75) is 11.8 Å². The Hall–Kier alpha value is -2.35. The van der Waals surface area contributed by atoms with E-state index in [9.17, 15) is 4.79 Å². The number of hydrogen-bond acceptors (Lipinski definition) is 1. The minimum absolute atomic E-state index is 0.0610. The highest BCUT2D eigenvalue weighted by Gasteiger charge is 2.54. The maximum Gasteiger partial charge on any atom is 0.327 e. The Balaban J connectivity index is 2.01. The van der Waals surface area contributed by atoms with Crippen LogP contribution in [0.4, 0.5) is 0 Å². The van der Waals surface area contributed by atoms with Crippen molar-refractivity contribution in [1.29, 1.82) is 0 Å². The molecular formula is C18H16O2. The minimum atomic E-state index is -0.882. The number of carboxylic acid groups (broad SMARTS) is 1. The standard InChI is InChI=1S/C18H16O2/c19-17(20)12-11-16-13-18(16,14-7-3-1-4-8-14)15-9-5-2-6-10-15/h1-12,16H,13H2,(H,19,20)/b12-11-/t16-/m0/s1. The second-order valence-electron chi connectivity index (χ2n) is 5.21. The van der Waals surface area contributed by atoms with Crippen molar-refractivity contribution in [3.8, 4) is 0 Å². The molecule has 0 heterocycles. The number of carbonyl (C=O) groups is 1. The highest BCUT2D eigenvalue weighted by molar-refractivity contribution is 5.80. The summed E-state index contributed by atoms with van der Waals surface area (Å²) in [5.74, 6) is -0.629. The van der Waals surface area contributed by atoms with Crippen LogP contribution in [0.3, 0.4) is 0 Å². The van der Waals surface area contributed by atoms with Gasteiger partial charge >= 0.3 is 5.97 Å². The van der Waals surface area contributed by atoms with Crippen molar-refractivity contribution in [2.24, 2.45) is 5.92 Å². The molecule has 0 spiro atoms. The average molecular weight is 264 g/mol. The smallest absolute Gasteiger partial charge is 0.327 e. The predicted molar refractivity (Wildman–Crippen MR) is 78.5 cm³/mol. The molecule has 2 nitrogen and oxygen atoms in total. The number of hydrogen-bond donors (Lipinski definition) is 1. The number of rotatable bonds is 4. The summed E-state index contributed by atoms with van der Waals surface area (Å²) in [6.07, 6.45) is 4.05. The first-order valence-electron chi connectivity index (χ1n) is 6.75. The fraction of sp³-hybridized carbons (Fsp3) is 0.167. The molecule has 1 aliphatic rings. The molecule has 0 aromatic heterocycles. The van der Waals surface area contributed by atoms with Gasteiger partial charge in [-0.15, -0.1) is 0 Å². The molecule has 0 bridgehead atoms. The Labute approximate surface area is 118 Å². The summed E-state index contributed by atoms with van der Waals surface area (Å²) in [6.45, 7) is 0. The summed E-state index contributed by atoms with van der Waals surface area (Å²) in [4.78, 5) is 10.7. The first kappa shape index (κ1) is 12.7. The first-order valence-corrected chi connectivity index (χ1v) is 6.75. The third kappa shape index (κ3) is 2.14. The van der Waals surface area contributed by atoms with E-state index in [0.717, 1.165) is 6.42 Å². The van der Waals surface area contributed by atoms with Crippen LogP contribution in [-0.4, -0.2) is 11.1 Å². The third-order valence-corrected chi connectivity index (χ3v) is 4.06. The first-order chi connectivity index (χ1) is 9.73. The second-order valence-corrected chi connectivity index (χ2v) is 5.21. The second kappa shape index (κ2) is 4.97. The number of allylic oxidation sites excluding steroid dienone is 1. The van der Waals surface area contributed by atoms with Crippen LogP contribution < -0.4 is 0 Å². The molecule has 20 heavy (non-hydrogen) atoms. The highest BCUT2D eigenvalue weighted by Crippen LogP contribution is 2.59. The van der Waals surface area contributed by atoms with Crippen molar-refractivity contribution >= 4 is 5.97 Å². The van der Waals surface area contributed by atoms with Crippen LogP contribution in [0.25, 0.3) is 0 Å². The van der Waals surface area contributed by atoms with E-state index in [2.05, 4.69) is 24.3 Å². The number of carboxylic acids is 1. The van der Waals surface area contributed by atoms with Crippen LogP contribution in [0.1, 0.15) is 17.5 Å². The molecule has 0 radical (unpaired) electrons. The fourth-order valence-corrected chi connectivity index (χ4v) is 3.02. The third-order valence-electron chi connectivity index (χ3n) is 4.06. The zero-order valence-corrected chi connectivity index (χ0v) is 11.1. The molecule has 1 N–H and O–H groups in total. The molecule has 0 unspecified atom stereocenters. The lowest BCUT2D eigenvalue weighted by atomic mass is 9.85. The predicted octanol–water partition coefficient (Wildman–Crippen LogP) is 3.63. The zero-order chi connectivity index (χ0) is 14.0. The summed E-state index contributed by atoms with van der Waals surface area (Å²) >= 11 is 0. The monoisotopic (exact) mass is 264 g/mol. The van der Waals surface area contributed by atoms with Gasteiger partial charge in [0.05, 0.1) is 0 Å². The lowest BCUT2D eigenvalue weighted by Crippen LogP contribution is -2.11. The van der Waals surface area contributed by atoms with E-state index in [1.165, 1.54) is 17.2 Å². The van der Waals surface area contributed by atoms with Gasteiger partial charge in [0.1, 0.15) is 0 Å². The van der Waals surface area contributed by atoms with Gasteiger partial charge in [-0.1, -0.05) is 66.7 Å².